The van der Waals surface area contributed by atoms with E-state index in [2.05, 4.69) is 47.8 Å². The van der Waals surface area contributed by atoms with Crippen LogP contribution in [0.2, 0.25) is 0 Å². The molecule has 2 nitrogen and oxygen atoms in total. The third-order valence-corrected chi connectivity index (χ3v) is 4.21. The zero-order chi connectivity index (χ0) is 14.7. The van der Waals surface area contributed by atoms with Crippen LogP contribution in [0.3, 0.4) is 0 Å². The molecule has 0 bridgehead atoms. The molecule has 2 heteroatoms. The summed E-state index contributed by atoms with van der Waals surface area (Å²) in [6, 6.07) is 14.7. The van der Waals surface area contributed by atoms with Crippen molar-refractivity contribution in [3.63, 3.8) is 0 Å². The maximum atomic E-state index is 12.1. The quantitative estimate of drug-likeness (QED) is 0.827. The van der Waals surface area contributed by atoms with Crippen molar-refractivity contribution in [1.82, 2.24) is 5.32 Å². The first kappa shape index (κ1) is 13.9. The largest absolute Gasteiger partial charge is 0.350 e. The summed E-state index contributed by atoms with van der Waals surface area (Å²) in [5, 5.41) is 5.56. The van der Waals surface area contributed by atoms with Crippen LogP contribution in [0, 0.1) is 5.92 Å². The van der Waals surface area contributed by atoms with E-state index < -0.39 is 0 Å². The van der Waals surface area contributed by atoms with E-state index in [4.69, 9.17) is 0 Å². The zero-order valence-corrected chi connectivity index (χ0v) is 12.4. The Balaban J connectivity index is 1.66. The molecule has 2 aromatic rings. The highest BCUT2D eigenvalue weighted by molar-refractivity contribution is 5.83. The molecule has 0 radical (unpaired) electrons. The molecule has 0 saturated heterocycles. The molecule has 0 fully saturated rings. The molecule has 1 aliphatic carbocycles. The summed E-state index contributed by atoms with van der Waals surface area (Å²) < 4.78 is 0. The van der Waals surface area contributed by atoms with Crippen LogP contribution >= 0.6 is 0 Å². The first-order valence-corrected chi connectivity index (χ1v) is 7.67. The lowest BCUT2D eigenvalue weighted by Gasteiger charge is -2.16. The van der Waals surface area contributed by atoms with Crippen LogP contribution in [0.15, 0.2) is 54.6 Å². The molecular weight excluding hydrogens is 258 g/mol. The summed E-state index contributed by atoms with van der Waals surface area (Å²) in [6.07, 6.45) is 7.16. The Kier molecular flexibility index (Phi) is 4.05. The fraction of sp³-hybridized carbons (Fsp3) is 0.316. The number of benzene rings is 2. The van der Waals surface area contributed by atoms with Crippen molar-refractivity contribution in [2.75, 3.05) is 0 Å². The van der Waals surface area contributed by atoms with Gasteiger partial charge in [0.2, 0.25) is 5.91 Å². The predicted octanol–water partition coefficient (Wildman–Crippen LogP) is 4.37. The molecule has 21 heavy (non-hydrogen) atoms. The number of hydrogen-bond acceptors (Lipinski definition) is 1. The van der Waals surface area contributed by atoms with Gasteiger partial charge in [-0.15, -0.1) is 0 Å². The van der Waals surface area contributed by atoms with Crippen LogP contribution in [0.1, 0.15) is 37.8 Å². The molecule has 2 atom stereocenters. The topological polar surface area (TPSA) is 29.1 Å². The Morgan fingerprint density at radius 1 is 1.24 bits per heavy atom. The molecule has 2 unspecified atom stereocenters. The zero-order valence-electron chi connectivity index (χ0n) is 12.4. The van der Waals surface area contributed by atoms with Crippen molar-refractivity contribution in [1.29, 1.82) is 0 Å². The number of carbonyl (C=O) groups excluding carboxylic acids is 1. The van der Waals surface area contributed by atoms with E-state index in [1.807, 2.05) is 19.1 Å². The number of nitrogens with one attached hydrogen (secondary N) is 1. The minimum atomic E-state index is 0.0486. The summed E-state index contributed by atoms with van der Waals surface area (Å²) in [7, 11) is 0. The highest BCUT2D eigenvalue weighted by Crippen LogP contribution is 2.22. The second-order valence-corrected chi connectivity index (χ2v) is 5.87. The van der Waals surface area contributed by atoms with Crippen molar-refractivity contribution < 1.29 is 4.79 Å². The summed E-state index contributed by atoms with van der Waals surface area (Å²) in [4.78, 5) is 12.1. The summed E-state index contributed by atoms with van der Waals surface area (Å²) in [5.74, 6) is 0.570. The first-order valence-electron chi connectivity index (χ1n) is 7.67. The Morgan fingerprint density at radius 3 is 2.81 bits per heavy atom. The smallest absolute Gasteiger partial charge is 0.221 e. The van der Waals surface area contributed by atoms with Gasteiger partial charge in [-0.1, -0.05) is 48.6 Å². The van der Waals surface area contributed by atoms with Gasteiger partial charge in [0.25, 0.3) is 0 Å². The maximum Gasteiger partial charge on any atom is 0.221 e. The van der Waals surface area contributed by atoms with E-state index in [0.29, 0.717) is 12.3 Å². The summed E-state index contributed by atoms with van der Waals surface area (Å²) in [6.45, 7) is 2.05. The van der Waals surface area contributed by atoms with Gasteiger partial charge in [0.15, 0.2) is 0 Å². The molecule has 0 saturated carbocycles. The molecule has 0 aromatic heterocycles. The lowest BCUT2D eigenvalue weighted by molar-refractivity contribution is -0.122. The van der Waals surface area contributed by atoms with Crippen molar-refractivity contribution >= 4 is 16.7 Å². The summed E-state index contributed by atoms with van der Waals surface area (Å²) >= 11 is 0. The second kappa shape index (κ2) is 6.13. The van der Waals surface area contributed by atoms with E-state index in [9.17, 15) is 4.79 Å². The van der Waals surface area contributed by atoms with E-state index in [1.165, 1.54) is 10.8 Å². The van der Waals surface area contributed by atoms with Gasteiger partial charge in [0.1, 0.15) is 0 Å². The molecule has 3 rings (SSSR count). The van der Waals surface area contributed by atoms with Gasteiger partial charge >= 0.3 is 0 Å². The third kappa shape index (κ3) is 3.33. The number of hydrogen-bond donors (Lipinski definition) is 1. The van der Waals surface area contributed by atoms with E-state index in [1.54, 1.807) is 0 Å². The van der Waals surface area contributed by atoms with Crippen LogP contribution in [-0.4, -0.2) is 5.91 Å². The maximum absolute atomic E-state index is 12.1. The van der Waals surface area contributed by atoms with Gasteiger partial charge in [0, 0.05) is 6.42 Å². The van der Waals surface area contributed by atoms with Crippen LogP contribution in [0.5, 0.6) is 0 Å². The van der Waals surface area contributed by atoms with Crippen molar-refractivity contribution in [2.24, 2.45) is 5.92 Å². The van der Waals surface area contributed by atoms with Crippen molar-refractivity contribution in [3.8, 4) is 0 Å². The van der Waals surface area contributed by atoms with Gasteiger partial charge in [-0.05, 0) is 48.1 Å². The number of allylic oxidation sites excluding steroid dienone is 2. The number of rotatable bonds is 4. The Hall–Kier alpha value is -2.09. The minimum Gasteiger partial charge on any atom is -0.350 e. The Bertz CT molecular complexity index is 674. The van der Waals surface area contributed by atoms with Gasteiger partial charge in [-0.25, -0.2) is 0 Å². The molecule has 0 heterocycles. The minimum absolute atomic E-state index is 0.0486. The molecular formula is C19H21NO. The number of fused-ring (bicyclic) bond motifs is 1. The van der Waals surface area contributed by atoms with E-state index >= 15 is 0 Å². The molecule has 0 aliphatic heterocycles. The number of amides is 1. The van der Waals surface area contributed by atoms with Crippen LogP contribution < -0.4 is 5.32 Å². The molecule has 1 aliphatic rings. The molecule has 108 valence electrons. The first-order chi connectivity index (χ1) is 10.2. The molecule has 2 aromatic carbocycles. The molecule has 0 spiro atoms. The highest BCUT2D eigenvalue weighted by Gasteiger charge is 2.16. The van der Waals surface area contributed by atoms with Crippen LogP contribution in [0.4, 0.5) is 0 Å². The van der Waals surface area contributed by atoms with Crippen LogP contribution in [-0.2, 0) is 4.79 Å². The lowest BCUT2D eigenvalue weighted by atomic mass is 10.0. The van der Waals surface area contributed by atoms with E-state index in [0.717, 1.165) is 18.4 Å². The fourth-order valence-corrected chi connectivity index (χ4v) is 2.96. The second-order valence-electron chi connectivity index (χ2n) is 5.87. The predicted molar refractivity (Wildman–Crippen MR) is 87.0 cm³/mol. The lowest BCUT2D eigenvalue weighted by Crippen LogP contribution is -2.27. The SMILES string of the molecule is CC(NC(=O)CC1C=CCC1)c1ccc2ccccc2c1. The standard InChI is InChI=1S/C19H21NO/c1-14(20-19(21)12-15-6-2-3-7-15)17-11-10-16-8-4-5-9-18(16)13-17/h2,4-6,8-11,13-15H,3,7,12H2,1H3,(H,20,21). The van der Waals surface area contributed by atoms with Gasteiger partial charge in [0.05, 0.1) is 6.04 Å². The molecule has 1 N–H and O–H groups in total. The van der Waals surface area contributed by atoms with Gasteiger partial charge in [-0.3, -0.25) is 4.79 Å². The Morgan fingerprint density at radius 2 is 2.05 bits per heavy atom. The third-order valence-electron chi connectivity index (χ3n) is 4.21. The average molecular weight is 279 g/mol. The van der Waals surface area contributed by atoms with Crippen molar-refractivity contribution in [2.45, 2.75) is 32.2 Å². The van der Waals surface area contributed by atoms with Gasteiger partial charge < -0.3 is 5.32 Å². The summed E-state index contributed by atoms with van der Waals surface area (Å²) in [5.41, 5.74) is 1.16. The fourth-order valence-electron chi connectivity index (χ4n) is 2.96. The van der Waals surface area contributed by atoms with Gasteiger partial charge in [-0.2, -0.15) is 0 Å². The average Bonchev–Trinajstić information content (AvgIpc) is 2.99. The Labute approximate surface area is 125 Å². The highest BCUT2D eigenvalue weighted by atomic mass is 16.1. The normalized spacial score (nSPS) is 18.8. The molecule has 1 amide bonds. The van der Waals surface area contributed by atoms with Crippen molar-refractivity contribution in [3.05, 3.63) is 60.2 Å². The van der Waals surface area contributed by atoms with E-state index in [-0.39, 0.29) is 11.9 Å². The number of carbonyl (C=O) groups is 1. The van der Waals surface area contributed by atoms with Crippen LogP contribution in [0.25, 0.3) is 10.8 Å². The monoisotopic (exact) mass is 279 g/mol.